The number of rotatable bonds is 9. The van der Waals surface area contributed by atoms with E-state index in [1.54, 1.807) is 24.3 Å². The lowest BCUT2D eigenvalue weighted by Gasteiger charge is -2.17. The Balaban J connectivity index is 2.61. The Bertz CT molecular complexity index is 667. The predicted octanol–water partition coefficient (Wildman–Crippen LogP) is 1.34. The van der Waals surface area contributed by atoms with Crippen LogP contribution in [0, 0.1) is 6.92 Å². The molecule has 0 unspecified atom stereocenters. The summed E-state index contributed by atoms with van der Waals surface area (Å²) in [7, 11) is -5.48. The number of aryl methyl sites for hydroxylation is 1. The summed E-state index contributed by atoms with van der Waals surface area (Å²) in [5.74, 6) is 0.0674. The summed E-state index contributed by atoms with van der Waals surface area (Å²) in [6, 6.07) is 6.56. The van der Waals surface area contributed by atoms with Crippen LogP contribution in [0.1, 0.15) is 25.3 Å². The number of sulfonamides is 2. The Hall–Kier alpha value is -0.960. The Morgan fingerprint density at radius 3 is 2.23 bits per heavy atom. The van der Waals surface area contributed by atoms with E-state index in [0.29, 0.717) is 6.42 Å². The first-order valence-electron chi connectivity index (χ1n) is 7.19. The van der Waals surface area contributed by atoms with Crippen LogP contribution in [0.3, 0.4) is 0 Å². The minimum Gasteiger partial charge on any atom is -0.214 e. The van der Waals surface area contributed by atoms with Crippen molar-refractivity contribution in [1.82, 2.24) is 9.03 Å². The van der Waals surface area contributed by atoms with Gasteiger partial charge in [0.2, 0.25) is 20.0 Å². The van der Waals surface area contributed by atoms with Gasteiger partial charge >= 0.3 is 0 Å². The van der Waals surface area contributed by atoms with Crippen molar-refractivity contribution in [2.75, 3.05) is 25.9 Å². The average molecular weight is 348 g/mol. The third-order valence-electron chi connectivity index (χ3n) is 3.24. The molecular formula is C14H24N2O4S2. The molecule has 0 heterocycles. The van der Waals surface area contributed by atoms with Crippen molar-refractivity contribution in [3.63, 3.8) is 0 Å². The molecular weight excluding hydrogens is 324 g/mol. The lowest BCUT2D eigenvalue weighted by atomic mass is 10.2. The van der Waals surface area contributed by atoms with Gasteiger partial charge in [-0.2, -0.15) is 4.31 Å². The van der Waals surface area contributed by atoms with Gasteiger partial charge in [0, 0.05) is 20.1 Å². The number of unbranched alkanes of at least 4 members (excludes halogenated alkanes) is 1. The van der Waals surface area contributed by atoms with Crippen LogP contribution in [0.25, 0.3) is 0 Å². The largest absolute Gasteiger partial charge is 0.242 e. The minimum atomic E-state index is -3.59. The first-order valence-corrected chi connectivity index (χ1v) is 10.3. The van der Waals surface area contributed by atoms with Crippen molar-refractivity contribution in [2.24, 2.45) is 0 Å². The highest BCUT2D eigenvalue weighted by molar-refractivity contribution is 7.89. The summed E-state index contributed by atoms with van der Waals surface area (Å²) < 4.78 is 51.5. The molecule has 1 N–H and O–H groups in total. The summed E-state index contributed by atoms with van der Waals surface area (Å²) >= 11 is 0. The van der Waals surface area contributed by atoms with Crippen LogP contribution in [-0.2, 0) is 20.0 Å². The Kier molecular flexibility index (Phi) is 6.98. The van der Waals surface area contributed by atoms with Gasteiger partial charge in [-0.15, -0.1) is 0 Å². The molecule has 8 heteroatoms. The first kappa shape index (κ1) is 19.1. The van der Waals surface area contributed by atoms with E-state index < -0.39 is 20.0 Å². The fourth-order valence-corrected chi connectivity index (χ4v) is 4.16. The fraction of sp³-hybridized carbons (Fsp3) is 0.571. The van der Waals surface area contributed by atoms with Crippen molar-refractivity contribution in [1.29, 1.82) is 0 Å². The van der Waals surface area contributed by atoms with Gasteiger partial charge in [0.05, 0.1) is 10.6 Å². The van der Waals surface area contributed by atoms with E-state index in [2.05, 4.69) is 4.72 Å². The van der Waals surface area contributed by atoms with E-state index in [1.165, 1.54) is 7.05 Å². The summed E-state index contributed by atoms with van der Waals surface area (Å²) in [4.78, 5) is 0.203. The van der Waals surface area contributed by atoms with Gasteiger partial charge in [0.25, 0.3) is 0 Å². The molecule has 0 aliphatic rings. The van der Waals surface area contributed by atoms with Crippen LogP contribution < -0.4 is 4.72 Å². The molecule has 0 atom stereocenters. The van der Waals surface area contributed by atoms with Crippen molar-refractivity contribution in [3.8, 4) is 0 Å². The maximum atomic E-state index is 12.3. The predicted molar refractivity (Wildman–Crippen MR) is 87.7 cm³/mol. The number of likely N-dealkylation sites (N-methyl/N-ethyl adjacent to an activating group) is 1. The summed E-state index contributed by atoms with van der Waals surface area (Å²) in [5, 5.41) is 0. The second kappa shape index (κ2) is 8.05. The highest BCUT2D eigenvalue weighted by Gasteiger charge is 2.20. The van der Waals surface area contributed by atoms with Gasteiger partial charge in [-0.1, -0.05) is 31.0 Å². The number of hydrogen-bond donors (Lipinski definition) is 1. The molecule has 0 aliphatic heterocycles. The van der Waals surface area contributed by atoms with Gasteiger partial charge in [-0.25, -0.2) is 21.6 Å². The number of nitrogens with one attached hydrogen (secondary N) is 1. The molecule has 0 saturated heterocycles. The van der Waals surface area contributed by atoms with Crippen molar-refractivity contribution in [2.45, 2.75) is 31.6 Å². The monoisotopic (exact) mass is 348 g/mol. The van der Waals surface area contributed by atoms with E-state index in [-0.39, 0.29) is 23.7 Å². The molecule has 0 saturated carbocycles. The molecule has 1 aromatic rings. The van der Waals surface area contributed by atoms with Crippen LogP contribution in [-0.4, -0.2) is 47.0 Å². The highest BCUT2D eigenvalue weighted by atomic mass is 32.2. The SMILES string of the molecule is CCCCS(=O)(=O)NCCN(C)S(=O)(=O)c1ccc(C)cc1. The van der Waals surface area contributed by atoms with Gasteiger partial charge in [-0.3, -0.25) is 0 Å². The Morgan fingerprint density at radius 2 is 1.68 bits per heavy atom. The smallest absolute Gasteiger partial charge is 0.214 e. The van der Waals surface area contributed by atoms with E-state index in [0.717, 1.165) is 16.3 Å². The molecule has 0 spiro atoms. The molecule has 1 aromatic carbocycles. The van der Waals surface area contributed by atoms with E-state index in [1.807, 2.05) is 13.8 Å². The van der Waals surface area contributed by atoms with Crippen LogP contribution in [0.4, 0.5) is 0 Å². The molecule has 0 amide bonds. The zero-order valence-electron chi connectivity index (χ0n) is 13.2. The van der Waals surface area contributed by atoms with E-state index >= 15 is 0 Å². The maximum Gasteiger partial charge on any atom is 0.242 e. The third-order valence-corrected chi connectivity index (χ3v) is 6.59. The van der Waals surface area contributed by atoms with Crippen LogP contribution >= 0.6 is 0 Å². The zero-order valence-corrected chi connectivity index (χ0v) is 14.9. The summed E-state index contributed by atoms with van der Waals surface area (Å²) in [5.41, 5.74) is 0.977. The molecule has 0 aliphatic carbocycles. The lowest BCUT2D eigenvalue weighted by Crippen LogP contribution is -2.37. The maximum absolute atomic E-state index is 12.3. The molecule has 6 nitrogen and oxygen atoms in total. The number of hydrogen-bond acceptors (Lipinski definition) is 4. The van der Waals surface area contributed by atoms with Gasteiger partial charge in [0.1, 0.15) is 0 Å². The topological polar surface area (TPSA) is 83.6 Å². The molecule has 1 rings (SSSR count). The lowest BCUT2D eigenvalue weighted by molar-refractivity contribution is 0.469. The molecule has 126 valence electrons. The van der Waals surface area contributed by atoms with E-state index in [9.17, 15) is 16.8 Å². The highest BCUT2D eigenvalue weighted by Crippen LogP contribution is 2.14. The standard InChI is InChI=1S/C14H24N2O4S2/c1-4-5-12-21(17,18)15-10-11-16(3)22(19,20)14-8-6-13(2)7-9-14/h6-9,15H,4-5,10-12H2,1-3H3. The van der Waals surface area contributed by atoms with Crippen molar-refractivity contribution < 1.29 is 16.8 Å². The number of benzene rings is 1. The van der Waals surface area contributed by atoms with Gasteiger partial charge in [-0.05, 0) is 25.5 Å². The molecule has 0 bridgehead atoms. The third kappa shape index (κ3) is 5.68. The average Bonchev–Trinajstić information content (AvgIpc) is 2.45. The molecule has 0 aromatic heterocycles. The molecule has 22 heavy (non-hydrogen) atoms. The van der Waals surface area contributed by atoms with Gasteiger partial charge < -0.3 is 0 Å². The number of nitrogens with zero attached hydrogens (tertiary/aromatic N) is 1. The fourth-order valence-electron chi connectivity index (χ4n) is 1.78. The molecule has 0 fully saturated rings. The van der Waals surface area contributed by atoms with Crippen LogP contribution in [0.5, 0.6) is 0 Å². The Labute approximate surface area is 133 Å². The van der Waals surface area contributed by atoms with Crippen LogP contribution in [0.15, 0.2) is 29.2 Å². The Morgan fingerprint density at radius 1 is 1.09 bits per heavy atom. The first-order chi connectivity index (χ1) is 10.2. The zero-order chi connectivity index (χ0) is 16.8. The summed E-state index contributed by atoms with van der Waals surface area (Å²) in [6.45, 7) is 3.94. The normalized spacial score (nSPS) is 12.7. The summed E-state index contributed by atoms with van der Waals surface area (Å²) in [6.07, 6.45) is 1.38. The van der Waals surface area contributed by atoms with E-state index in [4.69, 9.17) is 0 Å². The van der Waals surface area contributed by atoms with Crippen molar-refractivity contribution >= 4 is 20.0 Å². The minimum absolute atomic E-state index is 0.0631. The van der Waals surface area contributed by atoms with Crippen molar-refractivity contribution in [3.05, 3.63) is 29.8 Å². The van der Waals surface area contributed by atoms with Crippen LogP contribution in [0.2, 0.25) is 0 Å². The quantitative estimate of drug-likeness (QED) is 0.730. The second-order valence-electron chi connectivity index (χ2n) is 5.21. The van der Waals surface area contributed by atoms with Gasteiger partial charge in [0.15, 0.2) is 0 Å². The molecule has 0 radical (unpaired) electrons. The second-order valence-corrected chi connectivity index (χ2v) is 9.18.